The second-order valence-corrected chi connectivity index (χ2v) is 3.59. The molecule has 0 N–H and O–H groups in total. The van der Waals surface area contributed by atoms with Crippen molar-refractivity contribution >= 4 is 6.29 Å². The first-order valence-electron chi connectivity index (χ1n) is 5.29. The summed E-state index contributed by atoms with van der Waals surface area (Å²) in [6.07, 6.45) is 3.57. The molecule has 82 valence electrons. The second-order valence-electron chi connectivity index (χ2n) is 3.59. The quantitative estimate of drug-likeness (QED) is 0.734. The van der Waals surface area contributed by atoms with Crippen molar-refractivity contribution in [1.29, 1.82) is 0 Å². The van der Waals surface area contributed by atoms with E-state index in [0.29, 0.717) is 5.56 Å². The Morgan fingerprint density at radius 1 is 1.44 bits per heavy atom. The number of benzene rings is 1. The van der Waals surface area contributed by atoms with Gasteiger partial charge in [0.25, 0.3) is 0 Å². The molecule has 0 unspecified atom stereocenters. The molecule has 0 aliphatic carbocycles. The maximum Gasteiger partial charge on any atom is 0.150 e. The molecule has 0 spiro atoms. The highest BCUT2D eigenvalue weighted by Crippen LogP contribution is 2.18. The third-order valence-corrected chi connectivity index (χ3v) is 2.37. The van der Waals surface area contributed by atoms with Crippen LogP contribution in [0, 0.1) is 0 Å². The van der Waals surface area contributed by atoms with E-state index in [2.05, 4.69) is 17.2 Å². The number of hydrogen-bond acceptors (Lipinski definition) is 3. The molecule has 1 aromatic heterocycles. The molecule has 1 aromatic carbocycles. The van der Waals surface area contributed by atoms with Crippen molar-refractivity contribution < 1.29 is 4.79 Å². The third kappa shape index (κ3) is 2.00. The lowest BCUT2D eigenvalue weighted by Gasteiger charge is -2.04. The molecule has 0 radical (unpaired) electrons. The van der Waals surface area contributed by atoms with Crippen LogP contribution in [0.5, 0.6) is 0 Å². The van der Waals surface area contributed by atoms with E-state index in [1.165, 1.54) is 0 Å². The van der Waals surface area contributed by atoms with Crippen molar-refractivity contribution in [2.75, 3.05) is 0 Å². The Hall–Kier alpha value is -1.97. The minimum absolute atomic E-state index is 0.668. The number of carbonyl (C=O) groups is 1. The van der Waals surface area contributed by atoms with Crippen LogP contribution in [0.25, 0.3) is 11.3 Å². The van der Waals surface area contributed by atoms with Crippen LogP contribution in [0.3, 0.4) is 0 Å². The van der Waals surface area contributed by atoms with Crippen molar-refractivity contribution in [3.8, 4) is 11.3 Å². The molecule has 1 heterocycles. The maximum absolute atomic E-state index is 10.7. The van der Waals surface area contributed by atoms with E-state index in [1.807, 2.05) is 22.9 Å². The number of aryl methyl sites for hydroxylation is 1. The summed E-state index contributed by atoms with van der Waals surface area (Å²) in [6, 6.07) is 7.45. The lowest BCUT2D eigenvalue weighted by Crippen LogP contribution is -2.01. The largest absolute Gasteiger partial charge is 0.298 e. The molecule has 0 atom stereocenters. The molecule has 0 bridgehead atoms. The summed E-state index contributed by atoms with van der Waals surface area (Å²) in [5.74, 6) is 0. The Morgan fingerprint density at radius 3 is 3.06 bits per heavy atom. The molecular formula is C12H13N3O. The Labute approximate surface area is 93.9 Å². The maximum atomic E-state index is 10.7. The zero-order valence-electron chi connectivity index (χ0n) is 9.13. The van der Waals surface area contributed by atoms with Gasteiger partial charge in [-0.05, 0) is 12.5 Å². The third-order valence-electron chi connectivity index (χ3n) is 2.37. The highest BCUT2D eigenvalue weighted by Gasteiger charge is 2.06. The van der Waals surface area contributed by atoms with E-state index in [9.17, 15) is 4.79 Å². The summed E-state index contributed by atoms with van der Waals surface area (Å²) >= 11 is 0. The summed E-state index contributed by atoms with van der Waals surface area (Å²) in [6.45, 7) is 2.92. The fraction of sp³-hybridized carbons (Fsp3) is 0.250. The standard InChI is InChI=1S/C12H13N3O/c1-2-6-15-12(8-13-14-15)11-5-3-4-10(7-11)9-16/h3-5,7-9H,2,6H2,1H3. The minimum atomic E-state index is 0.668. The topological polar surface area (TPSA) is 47.8 Å². The number of rotatable bonds is 4. The van der Waals surface area contributed by atoms with Crippen molar-refractivity contribution in [2.24, 2.45) is 0 Å². The Balaban J connectivity index is 2.41. The van der Waals surface area contributed by atoms with Crippen LogP contribution in [0.2, 0.25) is 0 Å². The number of carbonyl (C=O) groups excluding carboxylic acids is 1. The zero-order chi connectivity index (χ0) is 11.4. The molecule has 0 aliphatic rings. The van der Waals surface area contributed by atoms with Crippen LogP contribution in [0.15, 0.2) is 30.5 Å². The molecule has 0 amide bonds. The van der Waals surface area contributed by atoms with Gasteiger partial charge in [-0.25, -0.2) is 4.68 Å². The average molecular weight is 215 g/mol. The van der Waals surface area contributed by atoms with Crippen LogP contribution in [0.4, 0.5) is 0 Å². The summed E-state index contributed by atoms with van der Waals surface area (Å²) < 4.78 is 1.85. The van der Waals surface area contributed by atoms with E-state index in [4.69, 9.17) is 0 Å². The lowest BCUT2D eigenvalue weighted by molar-refractivity contribution is 0.112. The normalized spacial score (nSPS) is 10.3. The minimum Gasteiger partial charge on any atom is -0.298 e. The Kier molecular flexibility index (Phi) is 3.10. The molecule has 0 fully saturated rings. The number of aromatic nitrogens is 3. The second kappa shape index (κ2) is 4.70. The van der Waals surface area contributed by atoms with Crippen LogP contribution in [0.1, 0.15) is 23.7 Å². The van der Waals surface area contributed by atoms with E-state index in [1.54, 1.807) is 12.3 Å². The van der Waals surface area contributed by atoms with Crippen molar-refractivity contribution in [3.05, 3.63) is 36.0 Å². The van der Waals surface area contributed by atoms with Crippen LogP contribution < -0.4 is 0 Å². The highest BCUT2D eigenvalue weighted by molar-refractivity contribution is 5.78. The summed E-state index contributed by atoms with van der Waals surface area (Å²) in [4.78, 5) is 10.7. The SMILES string of the molecule is CCCn1nncc1-c1cccc(C=O)c1. The van der Waals surface area contributed by atoms with Gasteiger partial charge in [-0.2, -0.15) is 0 Å². The molecule has 0 aliphatic heterocycles. The first kappa shape index (κ1) is 10.5. The van der Waals surface area contributed by atoms with Gasteiger partial charge in [0.05, 0.1) is 11.9 Å². The highest BCUT2D eigenvalue weighted by atomic mass is 16.1. The summed E-state index contributed by atoms with van der Waals surface area (Å²) in [7, 11) is 0. The molecule has 0 saturated carbocycles. The zero-order valence-corrected chi connectivity index (χ0v) is 9.13. The van der Waals surface area contributed by atoms with E-state index in [0.717, 1.165) is 30.5 Å². The molecule has 0 saturated heterocycles. The van der Waals surface area contributed by atoms with Gasteiger partial charge in [-0.3, -0.25) is 4.79 Å². The lowest BCUT2D eigenvalue weighted by atomic mass is 10.1. The fourth-order valence-electron chi connectivity index (χ4n) is 1.63. The first-order valence-corrected chi connectivity index (χ1v) is 5.29. The van der Waals surface area contributed by atoms with Gasteiger partial charge in [-0.1, -0.05) is 30.3 Å². The number of nitrogens with zero attached hydrogens (tertiary/aromatic N) is 3. The van der Waals surface area contributed by atoms with Crippen molar-refractivity contribution in [3.63, 3.8) is 0 Å². The fourth-order valence-corrected chi connectivity index (χ4v) is 1.63. The van der Waals surface area contributed by atoms with Gasteiger partial charge in [0.1, 0.15) is 6.29 Å². The van der Waals surface area contributed by atoms with Gasteiger partial charge in [0.2, 0.25) is 0 Å². The number of aldehydes is 1. The number of hydrogen-bond donors (Lipinski definition) is 0. The Morgan fingerprint density at radius 2 is 2.31 bits per heavy atom. The molecule has 16 heavy (non-hydrogen) atoms. The van der Waals surface area contributed by atoms with Gasteiger partial charge in [-0.15, -0.1) is 5.10 Å². The predicted molar refractivity (Wildman–Crippen MR) is 61.1 cm³/mol. The first-order chi connectivity index (χ1) is 7.85. The van der Waals surface area contributed by atoms with Crippen molar-refractivity contribution in [1.82, 2.24) is 15.0 Å². The predicted octanol–water partition coefficient (Wildman–Crippen LogP) is 2.17. The summed E-state index contributed by atoms with van der Waals surface area (Å²) in [5.41, 5.74) is 2.59. The summed E-state index contributed by atoms with van der Waals surface area (Å²) in [5, 5.41) is 7.91. The van der Waals surface area contributed by atoms with E-state index >= 15 is 0 Å². The van der Waals surface area contributed by atoms with E-state index < -0.39 is 0 Å². The molecule has 2 aromatic rings. The molecule has 4 nitrogen and oxygen atoms in total. The van der Waals surface area contributed by atoms with Gasteiger partial charge < -0.3 is 0 Å². The van der Waals surface area contributed by atoms with Crippen LogP contribution >= 0.6 is 0 Å². The molecular weight excluding hydrogens is 202 g/mol. The van der Waals surface area contributed by atoms with Gasteiger partial charge in [0.15, 0.2) is 0 Å². The van der Waals surface area contributed by atoms with Crippen LogP contribution in [-0.4, -0.2) is 21.3 Å². The van der Waals surface area contributed by atoms with E-state index in [-0.39, 0.29) is 0 Å². The molecule has 2 rings (SSSR count). The molecule has 4 heteroatoms. The smallest absolute Gasteiger partial charge is 0.150 e. The monoisotopic (exact) mass is 215 g/mol. The van der Waals surface area contributed by atoms with Crippen molar-refractivity contribution in [2.45, 2.75) is 19.9 Å². The van der Waals surface area contributed by atoms with Crippen LogP contribution in [-0.2, 0) is 6.54 Å². The van der Waals surface area contributed by atoms with Gasteiger partial charge >= 0.3 is 0 Å². The Bertz CT molecular complexity index is 491. The average Bonchev–Trinajstić information content (AvgIpc) is 2.78. The van der Waals surface area contributed by atoms with Gasteiger partial charge in [0, 0.05) is 17.7 Å².